The average Bonchev–Trinajstić information content (AvgIpc) is 2.18. The maximum Gasteiger partial charge on any atom is 0.137 e. The zero-order chi connectivity index (χ0) is 11.3. The fourth-order valence-electron chi connectivity index (χ4n) is 1.29. The predicted molar refractivity (Wildman–Crippen MR) is 63.0 cm³/mol. The number of nitrogens with one attached hydrogen (secondary N) is 1. The van der Waals surface area contributed by atoms with E-state index >= 15 is 0 Å². The third-order valence-electron chi connectivity index (χ3n) is 2.05. The highest BCUT2D eigenvalue weighted by molar-refractivity contribution is 6.30. The molecule has 1 unspecified atom stereocenters. The molecule has 0 bridgehead atoms. The summed E-state index contributed by atoms with van der Waals surface area (Å²) in [5.74, 6) is 3.38. The molecular weight excluding hydrogens is 210 g/mol. The van der Waals surface area contributed by atoms with Crippen LogP contribution in [-0.4, -0.2) is 16.0 Å². The fraction of sp³-hybridized carbons (Fsp3) is 0.455. The van der Waals surface area contributed by atoms with Gasteiger partial charge in [-0.3, -0.25) is 0 Å². The lowest BCUT2D eigenvalue weighted by atomic mass is 10.2. The number of halogens is 1. The molecule has 0 fully saturated rings. The van der Waals surface area contributed by atoms with Crippen LogP contribution in [0.2, 0.25) is 5.15 Å². The second kappa shape index (κ2) is 5.57. The summed E-state index contributed by atoms with van der Waals surface area (Å²) in [6.45, 7) is 4.02. The van der Waals surface area contributed by atoms with Crippen molar-refractivity contribution in [1.82, 2.24) is 9.97 Å². The number of hydrogen-bond acceptors (Lipinski definition) is 3. The molecule has 0 radical (unpaired) electrons. The van der Waals surface area contributed by atoms with Crippen molar-refractivity contribution in [3.63, 3.8) is 0 Å². The van der Waals surface area contributed by atoms with E-state index in [1.807, 2.05) is 13.8 Å². The van der Waals surface area contributed by atoms with Crippen molar-refractivity contribution in [2.24, 2.45) is 0 Å². The Kier molecular flexibility index (Phi) is 4.38. The number of hydrogen-bond donors (Lipinski definition) is 1. The smallest absolute Gasteiger partial charge is 0.137 e. The average molecular weight is 224 g/mol. The largest absolute Gasteiger partial charge is 0.366 e. The van der Waals surface area contributed by atoms with E-state index in [1.165, 1.54) is 6.33 Å². The summed E-state index contributed by atoms with van der Waals surface area (Å²) in [5.41, 5.74) is 0.933. The molecule has 80 valence electrons. The maximum atomic E-state index is 5.96. The second-order valence-electron chi connectivity index (χ2n) is 3.30. The Labute approximate surface area is 95.3 Å². The molecule has 1 heterocycles. The minimum absolute atomic E-state index is 0.186. The van der Waals surface area contributed by atoms with Gasteiger partial charge in [-0.05, 0) is 13.3 Å². The summed E-state index contributed by atoms with van der Waals surface area (Å²) < 4.78 is 0. The van der Waals surface area contributed by atoms with Gasteiger partial charge < -0.3 is 5.32 Å². The van der Waals surface area contributed by atoms with Crippen LogP contribution in [0.3, 0.4) is 0 Å². The molecule has 0 spiro atoms. The van der Waals surface area contributed by atoms with E-state index in [2.05, 4.69) is 21.2 Å². The molecule has 0 amide bonds. The number of rotatable bonds is 4. The minimum Gasteiger partial charge on any atom is -0.366 e. The van der Waals surface area contributed by atoms with Gasteiger partial charge in [0.1, 0.15) is 17.3 Å². The van der Waals surface area contributed by atoms with Gasteiger partial charge >= 0.3 is 0 Å². The molecule has 1 N–H and O–H groups in total. The Hall–Kier alpha value is -1.27. The first-order valence-electron chi connectivity index (χ1n) is 4.88. The molecule has 3 nitrogen and oxygen atoms in total. The van der Waals surface area contributed by atoms with Crippen LogP contribution in [0.5, 0.6) is 0 Å². The Balaban J connectivity index is 2.85. The summed E-state index contributed by atoms with van der Waals surface area (Å²) in [6.07, 6.45) is 8.14. The number of nitrogens with zero attached hydrogens (tertiary/aromatic N) is 2. The lowest BCUT2D eigenvalue weighted by Gasteiger charge is -2.14. The van der Waals surface area contributed by atoms with Crippen molar-refractivity contribution < 1.29 is 0 Å². The van der Waals surface area contributed by atoms with Gasteiger partial charge in [-0.2, -0.15) is 0 Å². The van der Waals surface area contributed by atoms with E-state index in [1.54, 1.807) is 0 Å². The molecule has 0 saturated heterocycles. The van der Waals surface area contributed by atoms with Crippen molar-refractivity contribution in [3.8, 4) is 12.3 Å². The molecule has 0 saturated carbocycles. The van der Waals surface area contributed by atoms with Crippen LogP contribution in [-0.2, 0) is 6.42 Å². The van der Waals surface area contributed by atoms with E-state index < -0.39 is 0 Å². The van der Waals surface area contributed by atoms with Crippen LogP contribution in [0.1, 0.15) is 25.8 Å². The first-order chi connectivity index (χ1) is 7.19. The molecule has 0 aliphatic heterocycles. The minimum atomic E-state index is 0.186. The van der Waals surface area contributed by atoms with Crippen molar-refractivity contribution in [2.75, 3.05) is 5.32 Å². The Morgan fingerprint density at radius 2 is 2.33 bits per heavy atom. The lowest BCUT2D eigenvalue weighted by Crippen LogP contribution is -2.16. The van der Waals surface area contributed by atoms with Gasteiger partial charge in [0.2, 0.25) is 0 Å². The molecule has 0 aromatic carbocycles. The van der Waals surface area contributed by atoms with Crippen LogP contribution in [0.4, 0.5) is 5.82 Å². The van der Waals surface area contributed by atoms with Crippen LogP contribution in [0.25, 0.3) is 0 Å². The number of terminal acetylenes is 1. The standard InChI is InChI=1S/C11H14ClN3/c1-4-6-8(3)15-11-9(5-2)10(12)13-7-14-11/h1,7-8H,5-6H2,2-3H3,(H,13,14,15). The van der Waals surface area contributed by atoms with Gasteiger partial charge in [0.25, 0.3) is 0 Å². The van der Waals surface area contributed by atoms with E-state index in [-0.39, 0.29) is 6.04 Å². The number of aromatic nitrogens is 2. The predicted octanol–water partition coefficient (Wildman–Crippen LogP) is 2.52. The quantitative estimate of drug-likeness (QED) is 0.630. The molecule has 1 aromatic rings. The topological polar surface area (TPSA) is 37.8 Å². The summed E-state index contributed by atoms with van der Waals surface area (Å²) in [6, 6.07) is 0.186. The van der Waals surface area contributed by atoms with Gasteiger partial charge in [-0.15, -0.1) is 12.3 Å². The molecule has 0 aliphatic carbocycles. The fourth-order valence-corrected chi connectivity index (χ4v) is 1.56. The Morgan fingerprint density at radius 1 is 1.60 bits per heavy atom. The van der Waals surface area contributed by atoms with Gasteiger partial charge in [0.05, 0.1) is 0 Å². The molecule has 1 aromatic heterocycles. The summed E-state index contributed by atoms with van der Waals surface area (Å²) in [7, 11) is 0. The molecular formula is C11H14ClN3. The summed E-state index contributed by atoms with van der Waals surface area (Å²) in [4.78, 5) is 8.10. The Bertz CT molecular complexity index is 371. The normalized spacial score (nSPS) is 11.9. The van der Waals surface area contributed by atoms with Gasteiger partial charge in [0.15, 0.2) is 0 Å². The highest BCUT2D eigenvalue weighted by Gasteiger charge is 2.09. The molecule has 15 heavy (non-hydrogen) atoms. The van der Waals surface area contributed by atoms with Gasteiger partial charge in [-0.25, -0.2) is 9.97 Å². The van der Waals surface area contributed by atoms with Crippen molar-refractivity contribution >= 4 is 17.4 Å². The van der Waals surface area contributed by atoms with Crippen LogP contribution in [0, 0.1) is 12.3 Å². The van der Waals surface area contributed by atoms with E-state index in [0.29, 0.717) is 11.6 Å². The van der Waals surface area contributed by atoms with Gasteiger partial charge in [0, 0.05) is 18.0 Å². The van der Waals surface area contributed by atoms with E-state index in [9.17, 15) is 0 Å². The van der Waals surface area contributed by atoms with Gasteiger partial charge in [-0.1, -0.05) is 18.5 Å². The highest BCUT2D eigenvalue weighted by atomic mass is 35.5. The SMILES string of the molecule is C#CCC(C)Nc1ncnc(Cl)c1CC. The lowest BCUT2D eigenvalue weighted by molar-refractivity contribution is 0.814. The summed E-state index contributed by atoms with van der Waals surface area (Å²) in [5, 5.41) is 3.73. The maximum absolute atomic E-state index is 5.96. The van der Waals surface area contributed by atoms with Crippen molar-refractivity contribution in [1.29, 1.82) is 0 Å². The number of anilines is 1. The molecule has 4 heteroatoms. The first-order valence-corrected chi connectivity index (χ1v) is 5.26. The van der Waals surface area contributed by atoms with Crippen molar-refractivity contribution in [3.05, 3.63) is 17.0 Å². The highest BCUT2D eigenvalue weighted by Crippen LogP contribution is 2.20. The monoisotopic (exact) mass is 223 g/mol. The molecule has 0 aliphatic rings. The van der Waals surface area contributed by atoms with Crippen LogP contribution >= 0.6 is 11.6 Å². The molecule has 1 rings (SSSR count). The molecule has 1 atom stereocenters. The zero-order valence-electron chi connectivity index (χ0n) is 8.92. The van der Waals surface area contributed by atoms with Crippen LogP contribution < -0.4 is 5.32 Å². The summed E-state index contributed by atoms with van der Waals surface area (Å²) >= 11 is 5.96. The van der Waals surface area contributed by atoms with E-state index in [4.69, 9.17) is 18.0 Å². The zero-order valence-corrected chi connectivity index (χ0v) is 9.67. The van der Waals surface area contributed by atoms with Crippen LogP contribution in [0.15, 0.2) is 6.33 Å². The Morgan fingerprint density at radius 3 is 2.93 bits per heavy atom. The second-order valence-corrected chi connectivity index (χ2v) is 3.66. The van der Waals surface area contributed by atoms with E-state index in [0.717, 1.165) is 17.8 Å². The van der Waals surface area contributed by atoms with Crippen molar-refractivity contribution in [2.45, 2.75) is 32.7 Å². The third kappa shape index (κ3) is 3.10. The third-order valence-corrected chi connectivity index (χ3v) is 2.38. The first kappa shape index (κ1) is 11.8.